The van der Waals surface area contributed by atoms with E-state index in [1.165, 1.54) is 6.07 Å². The Hall–Kier alpha value is -0.655. The molecule has 0 saturated heterocycles. The third kappa shape index (κ3) is 2.43. The lowest BCUT2D eigenvalue weighted by atomic mass is 9.79. The molecule has 0 aliphatic heterocycles. The minimum absolute atomic E-state index is 0.213. The van der Waals surface area contributed by atoms with Crippen LogP contribution >= 0.6 is 12.6 Å². The summed E-state index contributed by atoms with van der Waals surface area (Å²) in [6, 6.07) is 2.90. The van der Waals surface area contributed by atoms with E-state index in [1.54, 1.807) is 0 Å². The van der Waals surface area contributed by atoms with Gasteiger partial charge < -0.3 is 10.0 Å². The number of hydrogen-bond donors (Lipinski definition) is 3. The van der Waals surface area contributed by atoms with Gasteiger partial charge in [-0.3, -0.25) is 0 Å². The van der Waals surface area contributed by atoms with Crippen LogP contribution in [0.1, 0.15) is 5.56 Å². The second kappa shape index (κ2) is 3.84. The van der Waals surface area contributed by atoms with Gasteiger partial charge in [0, 0.05) is 4.90 Å². The molecule has 0 spiro atoms. The molecule has 0 fully saturated rings. The first-order valence-electron chi connectivity index (χ1n) is 3.58. The SMILES string of the molecule is OB(O)c1ccc(S)c(C(F)(F)F)c1. The normalized spacial score (nSPS) is 11.6. The molecule has 76 valence electrons. The smallest absolute Gasteiger partial charge is 0.423 e. The zero-order chi connectivity index (χ0) is 10.9. The van der Waals surface area contributed by atoms with Crippen LogP contribution in [0, 0.1) is 0 Å². The van der Waals surface area contributed by atoms with Crippen LogP contribution < -0.4 is 5.46 Å². The molecule has 0 aliphatic rings. The molecular weight excluding hydrogens is 216 g/mol. The molecule has 2 nitrogen and oxygen atoms in total. The summed E-state index contributed by atoms with van der Waals surface area (Å²) < 4.78 is 36.8. The first kappa shape index (κ1) is 11.4. The zero-order valence-corrected chi connectivity index (χ0v) is 7.68. The van der Waals surface area contributed by atoms with Crippen molar-refractivity contribution in [2.45, 2.75) is 11.1 Å². The molecule has 0 aliphatic carbocycles. The monoisotopic (exact) mass is 222 g/mol. The number of benzene rings is 1. The van der Waals surface area contributed by atoms with E-state index >= 15 is 0 Å². The van der Waals surface area contributed by atoms with Crippen molar-refractivity contribution in [1.29, 1.82) is 0 Å². The molecule has 0 bridgehead atoms. The summed E-state index contributed by atoms with van der Waals surface area (Å²) in [7, 11) is -1.91. The summed E-state index contributed by atoms with van der Waals surface area (Å²) in [5, 5.41) is 17.3. The maximum Gasteiger partial charge on any atom is 0.488 e. The van der Waals surface area contributed by atoms with Gasteiger partial charge in [0.1, 0.15) is 0 Å². The Morgan fingerprint density at radius 2 is 1.79 bits per heavy atom. The van der Waals surface area contributed by atoms with Crippen molar-refractivity contribution in [3.63, 3.8) is 0 Å². The third-order valence-electron chi connectivity index (χ3n) is 1.62. The summed E-state index contributed by atoms with van der Waals surface area (Å²) in [5.74, 6) is 0. The van der Waals surface area contributed by atoms with Gasteiger partial charge in [-0.25, -0.2) is 0 Å². The van der Waals surface area contributed by atoms with E-state index in [0.29, 0.717) is 6.07 Å². The van der Waals surface area contributed by atoms with Gasteiger partial charge >= 0.3 is 13.3 Å². The minimum Gasteiger partial charge on any atom is -0.423 e. The van der Waals surface area contributed by atoms with Gasteiger partial charge in [-0.05, 0) is 17.6 Å². The molecule has 2 N–H and O–H groups in total. The van der Waals surface area contributed by atoms with E-state index in [1.807, 2.05) is 0 Å². The minimum atomic E-state index is -4.54. The lowest BCUT2D eigenvalue weighted by Gasteiger charge is -2.10. The van der Waals surface area contributed by atoms with E-state index < -0.39 is 18.9 Å². The van der Waals surface area contributed by atoms with Gasteiger partial charge in [0.25, 0.3) is 0 Å². The van der Waals surface area contributed by atoms with Crippen molar-refractivity contribution in [2.75, 3.05) is 0 Å². The highest BCUT2D eigenvalue weighted by Gasteiger charge is 2.33. The van der Waals surface area contributed by atoms with Crippen molar-refractivity contribution in [3.8, 4) is 0 Å². The average Bonchev–Trinajstić information content (AvgIpc) is 2.02. The van der Waals surface area contributed by atoms with Crippen molar-refractivity contribution in [3.05, 3.63) is 23.8 Å². The van der Waals surface area contributed by atoms with Crippen LogP contribution in [0.5, 0.6) is 0 Å². The van der Waals surface area contributed by atoms with Crippen molar-refractivity contribution in [2.24, 2.45) is 0 Å². The first-order chi connectivity index (χ1) is 6.32. The number of thiol groups is 1. The van der Waals surface area contributed by atoms with Crippen LogP contribution in [-0.2, 0) is 6.18 Å². The fourth-order valence-electron chi connectivity index (χ4n) is 0.941. The number of alkyl halides is 3. The van der Waals surface area contributed by atoms with Crippen LogP contribution in [0.15, 0.2) is 23.1 Å². The Kier molecular flexibility index (Phi) is 3.13. The number of hydrogen-bond acceptors (Lipinski definition) is 3. The summed E-state index contributed by atoms with van der Waals surface area (Å²) in [5.41, 5.74) is -1.19. The van der Waals surface area contributed by atoms with Crippen molar-refractivity contribution >= 4 is 25.2 Å². The van der Waals surface area contributed by atoms with E-state index in [9.17, 15) is 13.2 Å². The highest BCUT2D eigenvalue weighted by atomic mass is 32.1. The molecule has 0 unspecified atom stereocenters. The van der Waals surface area contributed by atoms with Gasteiger partial charge in [-0.1, -0.05) is 6.07 Å². The molecule has 0 amide bonds. The third-order valence-corrected chi connectivity index (χ3v) is 2.01. The maximum absolute atomic E-state index is 12.3. The Morgan fingerprint density at radius 3 is 2.21 bits per heavy atom. The summed E-state index contributed by atoms with van der Waals surface area (Å²) in [4.78, 5) is -0.248. The Bertz CT molecular complexity index is 340. The first-order valence-corrected chi connectivity index (χ1v) is 4.03. The van der Waals surface area contributed by atoms with Crippen LogP contribution in [0.25, 0.3) is 0 Å². The molecular formula is C7H6BF3O2S. The van der Waals surface area contributed by atoms with Crippen LogP contribution in [0.4, 0.5) is 13.2 Å². The lowest BCUT2D eigenvalue weighted by Crippen LogP contribution is -2.30. The molecule has 1 rings (SSSR count). The molecule has 0 saturated carbocycles. The molecule has 1 aromatic carbocycles. The Morgan fingerprint density at radius 1 is 1.21 bits per heavy atom. The van der Waals surface area contributed by atoms with Gasteiger partial charge in [0.15, 0.2) is 0 Å². The predicted octanol–water partition coefficient (Wildman–Crippen LogP) is 0.674. The van der Waals surface area contributed by atoms with Gasteiger partial charge in [-0.15, -0.1) is 12.6 Å². The molecule has 0 heterocycles. The molecule has 7 heteroatoms. The molecule has 14 heavy (non-hydrogen) atoms. The Balaban J connectivity index is 3.22. The average molecular weight is 222 g/mol. The maximum atomic E-state index is 12.3. The molecule has 0 radical (unpaired) electrons. The van der Waals surface area contributed by atoms with E-state index in [0.717, 1.165) is 6.07 Å². The van der Waals surface area contributed by atoms with Gasteiger partial charge in [0.2, 0.25) is 0 Å². The van der Waals surface area contributed by atoms with Crippen LogP contribution in [0.2, 0.25) is 0 Å². The number of rotatable bonds is 1. The predicted molar refractivity (Wildman–Crippen MR) is 48.5 cm³/mol. The topological polar surface area (TPSA) is 40.5 Å². The standard InChI is InChI=1S/C7H6BF3O2S/c9-7(10,11)5-3-4(8(12)13)1-2-6(5)14/h1-3,12-14H. The highest BCUT2D eigenvalue weighted by Crippen LogP contribution is 2.32. The second-order valence-electron chi connectivity index (χ2n) is 2.65. The van der Waals surface area contributed by atoms with Gasteiger partial charge in [-0.2, -0.15) is 13.2 Å². The summed E-state index contributed by atoms with van der Waals surface area (Å²) in [6.07, 6.45) is -4.54. The van der Waals surface area contributed by atoms with Gasteiger partial charge in [0.05, 0.1) is 5.56 Å². The van der Waals surface area contributed by atoms with Crippen LogP contribution in [0.3, 0.4) is 0 Å². The molecule has 0 aromatic heterocycles. The second-order valence-corrected chi connectivity index (χ2v) is 3.13. The quantitative estimate of drug-likeness (QED) is 0.482. The van der Waals surface area contributed by atoms with E-state index in [4.69, 9.17) is 10.0 Å². The zero-order valence-electron chi connectivity index (χ0n) is 6.78. The molecule has 1 aromatic rings. The summed E-state index contributed by atoms with van der Waals surface area (Å²) in [6.45, 7) is 0. The van der Waals surface area contributed by atoms with Crippen LogP contribution in [-0.4, -0.2) is 17.2 Å². The largest absolute Gasteiger partial charge is 0.488 e. The lowest BCUT2D eigenvalue weighted by molar-refractivity contribution is -0.139. The fourth-order valence-corrected chi connectivity index (χ4v) is 1.21. The van der Waals surface area contributed by atoms with E-state index in [2.05, 4.69) is 12.6 Å². The number of halogens is 3. The fraction of sp³-hybridized carbons (Fsp3) is 0.143. The highest BCUT2D eigenvalue weighted by molar-refractivity contribution is 7.80. The Labute approximate surface area is 83.9 Å². The summed E-state index contributed by atoms with van der Waals surface area (Å²) >= 11 is 3.62. The van der Waals surface area contributed by atoms with Crippen molar-refractivity contribution < 1.29 is 23.2 Å². The van der Waals surface area contributed by atoms with E-state index in [-0.39, 0.29) is 10.4 Å². The van der Waals surface area contributed by atoms with Crippen molar-refractivity contribution in [1.82, 2.24) is 0 Å². The molecule has 0 atom stereocenters.